The lowest BCUT2D eigenvalue weighted by Crippen LogP contribution is -2.38. The van der Waals surface area contributed by atoms with Gasteiger partial charge in [-0.15, -0.1) is 0 Å². The van der Waals surface area contributed by atoms with Crippen LogP contribution in [0.1, 0.15) is 27.2 Å². The standard InChI is InChI=1S/C12H24O4Si/c1-6-15-17(5,16-7-2)10-8-9-14-12(4)11(3)13/h4,6-10H2,1-3,5H3. The summed E-state index contributed by atoms with van der Waals surface area (Å²) in [6.07, 6.45) is 0.815. The van der Waals surface area contributed by atoms with Crippen LogP contribution < -0.4 is 0 Å². The lowest BCUT2D eigenvalue weighted by molar-refractivity contribution is -0.116. The number of Topliss-reactive ketones (excluding diaryl/α,β-unsaturated/α-hetero) is 1. The van der Waals surface area contributed by atoms with Gasteiger partial charge in [-0.1, -0.05) is 6.58 Å². The fourth-order valence-electron chi connectivity index (χ4n) is 1.49. The first-order valence-corrected chi connectivity index (χ1v) is 8.58. The maximum atomic E-state index is 10.9. The van der Waals surface area contributed by atoms with Gasteiger partial charge in [0.05, 0.1) is 6.61 Å². The van der Waals surface area contributed by atoms with Crippen LogP contribution in [0.2, 0.25) is 12.6 Å². The maximum absolute atomic E-state index is 10.9. The summed E-state index contributed by atoms with van der Waals surface area (Å²) >= 11 is 0. The van der Waals surface area contributed by atoms with Gasteiger partial charge in [0.1, 0.15) is 0 Å². The van der Waals surface area contributed by atoms with Crippen LogP contribution in [-0.2, 0) is 18.4 Å². The average molecular weight is 260 g/mol. The van der Waals surface area contributed by atoms with Crippen molar-refractivity contribution in [3.63, 3.8) is 0 Å². The highest BCUT2D eigenvalue weighted by molar-refractivity contribution is 6.66. The number of hydrogen-bond donors (Lipinski definition) is 0. The number of ketones is 1. The third-order valence-electron chi connectivity index (χ3n) is 2.34. The van der Waals surface area contributed by atoms with Gasteiger partial charge in [-0.25, -0.2) is 0 Å². The molecule has 0 atom stereocenters. The van der Waals surface area contributed by atoms with Gasteiger partial charge < -0.3 is 13.6 Å². The van der Waals surface area contributed by atoms with E-state index in [9.17, 15) is 4.79 Å². The molecular formula is C12H24O4Si. The highest BCUT2D eigenvalue weighted by Gasteiger charge is 2.29. The molecule has 0 radical (unpaired) electrons. The Hall–Kier alpha value is -0.653. The van der Waals surface area contributed by atoms with Crippen LogP contribution in [0.4, 0.5) is 0 Å². The number of rotatable bonds is 10. The van der Waals surface area contributed by atoms with E-state index in [-0.39, 0.29) is 11.5 Å². The van der Waals surface area contributed by atoms with Gasteiger partial charge in [-0.2, -0.15) is 0 Å². The first kappa shape index (κ1) is 16.3. The van der Waals surface area contributed by atoms with E-state index in [0.29, 0.717) is 19.8 Å². The minimum atomic E-state index is -2.04. The summed E-state index contributed by atoms with van der Waals surface area (Å²) in [7, 11) is -2.04. The van der Waals surface area contributed by atoms with Crippen LogP contribution in [-0.4, -0.2) is 34.2 Å². The molecule has 0 spiro atoms. The van der Waals surface area contributed by atoms with Gasteiger partial charge in [0.15, 0.2) is 11.5 Å². The molecule has 5 heteroatoms. The fourth-order valence-corrected chi connectivity index (χ4v) is 3.87. The van der Waals surface area contributed by atoms with Crippen molar-refractivity contribution in [2.75, 3.05) is 19.8 Å². The molecule has 100 valence electrons. The van der Waals surface area contributed by atoms with Crippen molar-refractivity contribution < 1.29 is 18.4 Å². The van der Waals surface area contributed by atoms with Gasteiger partial charge >= 0.3 is 8.56 Å². The molecule has 0 rings (SSSR count). The molecule has 0 N–H and O–H groups in total. The van der Waals surface area contributed by atoms with E-state index in [1.54, 1.807) is 0 Å². The van der Waals surface area contributed by atoms with Gasteiger partial charge in [0.25, 0.3) is 0 Å². The smallest absolute Gasteiger partial charge is 0.335 e. The molecular weight excluding hydrogens is 236 g/mol. The Labute approximate surface area is 105 Å². The van der Waals surface area contributed by atoms with Crippen molar-refractivity contribution in [1.82, 2.24) is 0 Å². The van der Waals surface area contributed by atoms with Crippen LogP contribution >= 0.6 is 0 Å². The monoisotopic (exact) mass is 260 g/mol. The van der Waals surface area contributed by atoms with Crippen molar-refractivity contribution in [2.45, 2.75) is 39.8 Å². The van der Waals surface area contributed by atoms with Crippen LogP contribution in [0, 0.1) is 0 Å². The minimum Gasteiger partial charge on any atom is -0.491 e. The highest BCUT2D eigenvalue weighted by atomic mass is 28.4. The summed E-state index contributed by atoms with van der Waals surface area (Å²) in [6, 6.07) is 0.861. The Morgan fingerprint density at radius 2 is 1.76 bits per heavy atom. The van der Waals surface area contributed by atoms with Crippen molar-refractivity contribution in [1.29, 1.82) is 0 Å². The van der Waals surface area contributed by atoms with E-state index >= 15 is 0 Å². The van der Waals surface area contributed by atoms with E-state index < -0.39 is 8.56 Å². The second kappa shape index (κ2) is 8.44. The molecule has 0 aliphatic heterocycles. The molecule has 0 heterocycles. The molecule has 0 unspecified atom stereocenters. The summed E-state index contributed by atoms with van der Waals surface area (Å²) in [4.78, 5) is 10.9. The Morgan fingerprint density at radius 3 is 2.18 bits per heavy atom. The topological polar surface area (TPSA) is 44.8 Å². The number of ether oxygens (including phenoxy) is 1. The third-order valence-corrected chi connectivity index (χ3v) is 5.40. The highest BCUT2D eigenvalue weighted by Crippen LogP contribution is 2.16. The molecule has 0 aliphatic carbocycles. The Kier molecular flexibility index (Phi) is 8.12. The van der Waals surface area contributed by atoms with Gasteiger partial charge in [0.2, 0.25) is 0 Å². The van der Waals surface area contributed by atoms with Crippen molar-refractivity contribution in [2.24, 2.45) is 0 Å². The number of hydrogen-bond acceptors (Lipinski definition) is 4. The van der Waals surface area contributed by atoms with Crippen LogP contribution in [0.25, 0.3) is 0 Å². The second-order valence-electron chi connectivity index (χ2n) is 3.93. The van der Waals surface area contributed by atoms with Crippen molar-refractivity contribution in [3.8, 4) is 0 Å². The van der Waals surface area contributed by atoms with Crippen LogP contribution in [0.3, 0.4) is 0 Å². The first-order valence-electron chi connectivity index (χ1n) is 6.05. The van der Waals surface area contributed by atoms with Gasteiger partial charge in [0, 0.05) is 20.1 Å². The van der Waals surface area contributed by atoms with Crippen LogP contribution in [0.15, 0.2) is 12.3 Å². The zero-order chi connectivity index (χ0) is 13.3. The van der Waals surface area contributed by atoms with Gasteiger partial charge in [-0.05, 0) is 32.9 Å². The Morgan fingerprint density at radius 1 is 1.24 bits per heavy atom. The molecule has 0 aromatic rings. The Balaban J connectivity index is 3.90. The Bertz CT molecular complexity index is 247. The second-order valence-corrected chi connectivity index (χ2v) is 7.28. The van der Waals surface area contributed by atoms with Crippen LogP contribution in [0.5, 0.6) is 0 Å². The summed E-state index contributed by atoms with van der Waals surface area (Å²) in [5, 5.41) is 0. The van der Waals surface area contributed by atoms with E-state index in [1.165, 1.54) is 6.92 Å². The number of allylic oxidation sites excluding steroid dienone is 1. The van der Waals surface area contributed by atoms with E-state index in [2.05, 4.69) is 13.1 Å². The average Bonchev–Trinajstić information content (AvgIpc) is 2.24. The molecule has 17 heavy (non-hydrogen) atoms. The van der Waals surface area contributed by atoms with E-state index in [4.69, 9.17) is 13.6 Å². The zero-order valence-corrected chi connectivity index (χ0v) is 12.4. The maximum Gasteiger partial charge on any atom is 0.335 e. The molecule has 0 aromatic heterocycles. The lowest BCUT2D eigenvalue weighted by Gasteiger charge is -2.25. The molecule has 0 aromatic carbocycles. The predicted molar refractivity (Wildman–Crippen MR) is 70.1 cm³/mol. The molecule has 4 nitrogen and oxygen atoms in total. The molecule has 0 fully saturated rings. The summed E-state index contributed by atoms with van der Waals surface area (Å²) in [5.74, 6) is 0.0980. The quantitative estimate of drug-likeness (QED) is 0.262. The van der Waals surface area contributed by atoms with Crippen molar-refractivity contribution >= 4 is 14.3 Å². The summed E-state index contributed by atoms with van der Waals surface area (Å²) < 4.78 is 16.6. The fraction of sp³-hybridized carbons (Fsp3) is 0.750. The minimum absolute atomic E-state index is 0.125. The molecule has 0 amide bonds. The normalized spacial score (nSPS) is 11.3. The molecule has 0 bridgehead atoms. The third kappa shape index (κ3) is 7.30. The van der Waals surface area contributed by atoms with Gasteiger partial charge in [-0.3, -0.25) is 4.79 Å². The molecule has 0 aliphatic rings. The van der Waals surface area contributed by atoms with E-state index in [0.717, 1.165) is 12.5 Å². The number of carbonyl (C=O) groups excluding carboxylic acids is 1. The molecule has 0 saturated carbocycles. The largest absolute Gasteiger partial charge is 0.491 e. The van der Waals surface area contributed by atoms with Crippen molar-refractivity contribution in [3.05, 3.63) is 12.3 Å². The predicted octanol–water partition coefficient (Wildman–Crippen LogP) is 2.64. The first-order chi connectivity index (χ1) is 7.95. The molecule has 0 saturated heterocycles. The van der Waals surface area contributed by atoms with E-state index in [1.807, 2.05) is 13.8 Å². The lowest BCUT2D eigenvalue weighted by atomic mass is 10.4. The summed E-state index contributed by atoms with van der Waals surface area (Å²) in [6.45, 7) is 12.8. The zero-order valence-electron chi connectivity index (χ0n) is 11.4. The SMILES string of the molecule is C=C(OCCC[Si](C)(OCC)OCC)C(C)=O. The summed E-state index contributed by atoms with van der Waals surface area (Å²) in [5.41, 5.74) is 0. The number of carbonyl (C=O) groups is 1.